The van der Waals surface area contributed by atoms with E-state index in [-0.39, 0.29) is 16.9 Å². The third kappa shape index (κ3) is 3.82. The average Bonchev–Trinajstić information content (AvgIpc) is 2.86. The predicted molar refractivity (Wildman–Crippen MR) is 100 cm³/mol. The Balaban J connectivity index is 2.76. The average molecular weight is 358 g/mol. The van der Waals surface area contributed by atoms with Gasteiger partial charge in [0.1, 0.15) is 16.9 Å². The molecule has 5 heteroatoms. The molecule has 0 fully saturated rings. The molecule has 0 aliphatic heterocycles. The molecule has 0 amide bonds. The summed E-state index contributed by atoms with van der Waals surface area (Å²) in [6.07, 6.45) is 1.71. The first-order valence-electron chi connectivity index (χ1n) is 8.91. The number of rotatable bonds is 7. The van der Waals surface area contributed by atoms with Gasteiger partial charge in [0.25, 0.3) is 0 Å². The normalized spacial score (nSPS) is 10.7. The lowest BCUT2D eigenvalue weighted by atomic mass is 10.0. The van der Waals surface area contributed by atoms with Crippen molar-refractivity contribution < 1.29 is 23.8 Å². The fourth-order valence-electron chi connectivity index (χ4n) is 3.04. The number of carbonyl (C=O) groups excluding carboxylic acids is 2. The molecule has 26 heavy (non-hydrogen) atoms. The highest BCUT2D eigenvalue weighted by atomic mass is 16.5. The van der Waals surface area contributed by atoms with Crippen LogP contribution < -0.4 is 4.74 Å². The maximum atomic E-state index is 12.8. The Labute approximate surface area is 154 Å². The van der Waals surface area contributed by atoms with Crippen LogP contribution in [-0.2, 0) is 9.47 Å². The van der Waals surface area contributed by atoms with Crippen molar-refractivity contribution in [3.63, 3.8) is 0 Å². The van der Waals surface area contributed by atoms with E-state index in [4.69, 9.17) is 14.2 Å². The summed E-state index contributed by atoms with van der Waals surface area (Å²) in [6, 6.07) is 5.72. The molecule has 140 valence electrons. The topological polar surface area (TPSA) is 61.8 Å². The molecule has 2 rings (SSSR count). The van der Waals surface area contributed by atoms with Gasteiger partial charge in [-0.1, -0.05) is 37.1 Å². The van der Waals surface area contributed by atoms with Crippen molar-refractivity contribution in [2.75, 3.05) is 20.3 Å². The Morgan fingerprint density at radius 1 is 1.04 bits per heavy atom. The van der Waals surface area contributed by atoms with E-state index in [1.807, 2.05) is 45.9 Å². The van der Waals surface area contributed by atoms with E-state index < -0.39 is 11.9 Å². The number of esters is 2. The van der Waals surface area contributed by atoms with Crippen LogP contribution in [0.4, 0.5) is 0 Å². The molecule has 0 aromatic carbocycles. The summed E-state index contributed by atoms with van der Waals surface area (Å²) < 4.78 is 16.1. The second kappa shape index (κ2) is 8.70. The molecule has 0 unspecified atom stereocenters. The van der Waals surface area contributed by atoms with Crippen LogP contribution in [0.5, 0.6) is 5.75 Å². The fraction of sp³-hybridized carbons (Fsp3) is 0.429. The van der Waals surface area contributed by atoms with Gasteiger partial charge >= 0.3 is 11.9 Å². The van der Waals surface area contributed by atoms with Crippen LogP contribution in [0.3, 0.4) is 0 Å². The lowest BCUT2D eigenvalue weighted by Gasteiger charge is -2.08. The Morgan fingerprint density at radius 3 is 2.38 bits per heavy atom. The summed E-state index contributed by atoms with van der Waals surface area (Å²) in [4.78, 5) is 25.3. The maximum Gasteiger partial charge on any atom is 0.342 e. The third-order valence-corrected chi connectivity index (χ3v) is 4.21. The van der Waals surface area contributed by atoms with Gasteiger partial charge in [-0.3, -0.25) is 0 Å². The van der Waals surface area contributed by atoms with Gasteiger partial charge in [0, 0.05) is 11.1 Å². The van der Waals surface area contributed by atoms with Gasteiger partial charge in [0.2, 0.25) is 0 Å². The smallest absolute Gasteiger partial charge is 0.342 e. The summed E-state index contributed by atoms with van der Waals surface area (Å²) in [5.41, 5.74) is 3.77. The molecule has 0 heterocycles. The third-order valence-electron chi connectivity index (χ3n) is 4.21. The number of methoxy groups -OCH3 is 1. The highest BCUT2D eigenvalue weighted by molar-refractivity contribution is 6.13. The molecule has 0 bridgehead atoms. The van der Waals surface area contributed by atoms with Crippen molar-refractivity contribution >= 4 is 11.9 Å². The van der Waals surface area contributed by atoms with Crippen LogP contribution in [0.2, 0.25) is 0 Å². The molecule has 0 aromatic rings. The number of ether oxygens (including phenoxy) is 3. The van der Waals surface area contributed by atoms with E-state index in [0.717, 1.165) is 24.0 Å². The number of carbonyl (C=O) groups is 2. The van der Waals surface area contributed by atoms with Crippen LogP contribution in [0.25, 0.3) is 11.1 Å². The zero-order valence-corrected chi connectivity index (χ0v) is 16.1. The van der Waals surface area contributed by atoms with Crippen molar-refractivity contribution in [2.24, 2.45) is 0 Å². The minimum Gasteiger partial charge on any atom is -0.492 e. The second-order valence-electron chi connectivity index (χ2n) is 6.19. The maximum absolute atomic E-state index is 12.8. The van der Waals surface area contributed by atoms with E-state index >= 15 is 0 Å². The molecule has 0 saturated carbocycles. The SMILES string of the molecule is CCCCOC(=O)c1c2ccc(C)cc(C)c-2c(C(=O)OC)c1OCC. The van der Waals surface area contributed by atoms with E-state index in [1.165, 1.54) is 7.11 Å². The summed E-state index contributed by atoms with van der Waals surface area (Å²) in [5, 5.41) is 0. The van der Waals surface area contributed by atoms with Crippen molar-refractivity contribution in [3.05, 3.63) is 40.5 Å². The Morgan fingerprint density at radius 2 is 1.77 bits per heavy atom. The zero-order valence-electron chi connectivity index (χ0n) is 16.1. The van der Waals surface area contributed by atoms with Crippen LogP contribution in [0.15, 0.2) is 18.2 Å². The lowest BCUT2D eigenvalue weighted by molar-refractivity contribution is 0.0497. The van der Waals surface area contributed by atoms with E-state index in [1.54, 1.807) is 0 Å². The first-order valence-corrected chi connectivity index (χ1v) is 8.91. The Bertz CT molecular complexity index is 779. The highest BCUT2D eigenvalue weighted by Gasteiger charge is 2.34. The predicted octanol–water partition coefficient (Wildman–Crippen LogP) is 4.55. The molecule has 0 radical (unpaired) electrons. The Hall–Kier alpha value is -2.56. The van der Waals surface area contributed by atoms with Crippen LogP contribution in [0.1, 0.15) is 58.5 Å². The largest absolute Gasteiger partial charge is 0.492 e. The van der Waals surface area contributed by atoms with Crippen molar-refractivity contribution in [1.29, 1.82) is 0 Å². The minimum atomic E-state index is -0.530. The molecule has 0 spiro atoms. The highest BCUT2D eigenvalue weighted by Crippen LogP contribution is 2.44. The standard InChI is InChI=1S/C21H26O5/c1-6-8-11-26-21(23)17-15-10-9-13(3)12-14(4)16(15)18(20(22)24-5)19(17)25-7-2/h9-10,12H,6-8,11H2,1-5H3. The van der Waals surface area contributed by atoms with Crippen LogP contribution >= 0.6 is 0 Å². The second-order valence-corrected chi connectivity index (χ2v) is 6.19. The quantitative estimate of drug-likeness (QED) is 0.537. The number of hydrogen-bond donors (Lipinski definition) is 0. The molecule has 0 atom stereocenters. The van der Waals surface area contributed by atoms with Crippen molar-refractivity contribution in [2.45, 2.75) is 40.5 Å². The van der Waals surface area contributed by atoms with Gasteiger partial charge in [0.05, 0.1) is 20.3 Å². The zero-order chi connectivity index (χ0) is 19.3. The monoisotopic (exact) mass is 358 g/mol. The van der Waals surface area contributed by atoms with Gasteiger partial charge in [-0.2, -0.15) is 0 Å². The molecular formula is C21H26O5. The van der Waals surface area contributed by atoms with Gasteiger partial charge in [-0.25, -0.2) is 9.59 Å². The lowest BCUT2D eigenvalue weighted by Crippen LogP contribution is -2.09. The number of hydrogen-bond acceptors (Lipinski definition) is 5. The molecular weight excluding hydrogens is 332 g/mol. The molecule has 2 aliphatic rings. The summed E-state index contributed by atoms with van der Waals surface area (Å²) >= 11 is 0. The molecule has 0 N–H and O–H groups in total. The van der Waals surface area contributed by atoms with Crippen molar-refractivity contribution in [1.82, 2.24) is 0 Å². The number of fused-ring (bicyclic) bond motifs is 1. The summed E-state index contributed by atoms with van der Waals surface area (Å²) in [5.74, 6) is -0.772. The van der Waals surface area contributed by atoms with Crippen LogP contribution in [-0.4, -0.2) is 32.3 Å². The number of aryl methyl sites for hydroxylation is 2. The molecule has 5 nitrogen and oxygen atoms in total. The van der Waals surface area contributed by atoms with Crippen molar-refractivity contribution in [3.8, 4) is 16.9 Å². The van der Waals surface area contributed by atoms with E-state index in [9.17, 15) is 9.59 Å². The first kappa shape index (κ1) is 19.8. The van der Waals surface area contributed by atoms with Gasteiger partial charge in [-0.15, -0.1) is 0 Å². The van der Waals surface area contributed by atoms with E-state index in [0.29, 0.717) is 24.3 Å². The van der Waals surface area contributed by atoms with Gasteiger partial charge in [0.15, 0.2) is 0 Å². The van der Waals surface area contributed by atoms with Gasteiger partial charge in [-0.05, 0) is 32.8 Å². The molecule has 2 aliphatic carbocycles. The fourth-order valence-corrected chi connectivity index (χ4v) is 3.04. The first-order chi connectivity index (χ1) is 12.5. The molecule has 0 aromatic heterocycles. The number of unbranched alkanes of at least 4 members (excludes halogenated alkanes) is 1. The molecule has 0 saturated heterocycles. The van der Waals surface area contributed by atoms with Crippen LogP contribution in [0, 0.1) is 13.8 Å². The Kier molecular flexibility index (Phi) is 6.61. The minimum absolute atomic E-state index is 0.239. The summed E-state index contributed by atoms with van der Waals surface area (Å²) in [6.45, 7) is 8.36. The summed E-state index contributed by atoms with van der Waals surface area (Å²) in [7, 11) is 1.32. The van der Waals surface area contributed by atoms with E-state index in [2.05, 4.69) is 0 Å². The van der Waals surface area contributed by atoms with Gasteiger partial charge < -0.3 is 14.2 Å².